The van der Waals surface area contributed by atoms with Crippen molar-refractivity contribution in [2.45, 2.75) is 148 Å². The molecular formula is C56H79N7O15. The number of fused-ring (bicyclic) bond motifs is 10. The third-order valence-corrected chi connectivity index (χ3v) is 14.0. The maximum absolute atomic E-state index is 15.3. The number of rotatable bonds is 14. The van der Waals surface area contributed by atoms with E-state index >= 15 is 4.79 Å². The van der Waals surface area contributed by atoms with E-state index < -0.39 is 144 Å². The fraction of sp³-hybridized carbons (Fsp3) is 0.554. The summed E-state index contributed by atoms with van der Waals surface area (Å²) < 4.78 is 16.9. The van der Waals surface area contributed by atoms with Crippen LogP contribution in [0.15, 0.2) is 72.3 Å². The second kappa shape index (κ2) is 29.7. The first-order chi connectivity index (χ1) is 36.8. The number of benzene rings is 2. The molecular weight excluding hydrogens is 1010 g/mol. The Kier molecular flexibility index (Phi) is 24.1. The van der Waals surface area contributed by atoms with E-state index in [1.165, 1.54) is 46.0 Å². The van der Waals surface area contributed by atoms with E-state index in [1.54, 1.807) is 83.2 Å². The van der Waals surface area contributed by atoms with Gasteiger partial charge in [0, 0.05) is 26.2 Å². The van der Waals surface area contributed by atoms with E-state index in [0.717, 1.165) is 17.4 Å². The summed E-state index contributed by atoms with van der Waals surface area (Å²) in [6.07, 6.45) is 0.913. The van der Waals surface area contributed by atoms with Crippen molar-refractivity contribution in [3.63, 3.8) is 0 Å². The first kappa shape index (κ1) is 63.5. The van der Waals surface area contributed by atoms with Crippen LogP contribution in [-0.4, -0.2) is 161 Å². The number of carbonyl (C=O) groups excluding carboxylic acids is 9. The van der Waals surface area contributed by atoms with E-state index in [1.807, 2.05) is 6.92 Å². The molecule has 0 radical (unpaired) electrons. The second-order valence-corrected chi connectivity index (χ2v) is 20.5. The zero-order valence-corrected chi connectivity index (χ0v) is 46.2. The van der Waals surface area contributed by atoms with Gasteiger partial charge in [0.25, 0.3) is 0 Å². The molecule has 0 spiro atoms. The number of likely N-dealkylation sites (N-methyl/N-ethyl adjacent to an activating group) is 1. The number of carbonyl (C=O) groups is 9. The van der Waals surface area contributed by atoms with Crippen molar-refractivity contribution in [2.24, 2.45) is 17.8 Å². The average molecular weight is 1090 g/mol. The number of amides is 7. The van der Waals surface area contributed by atoms with Crippen LogP contribution in [0.1, 0.15) is 104 Å². The molecule has 0 unspecified atom stereocenters. The summed E-state index contributed by atoms with van der Waals surface area (Å²) in [5, 5.41) is 49.2. The number of esters is 2. The Labute approximate surface area is 455 Å². The molecule has 3 heterocycles. The summed E-state index contributed by atoms with van der Waals surface area (Å²) in [6.45, 7) is 12.4. The highest BCUT2D eigenvalue weighted by Crippen LogP contribution is 2.26. The molecule has 22 heteroatoms. The lowest BCUT2D eigenvalue weighted by atomic mass is 9.92. The summed E-state index contributed by atoms with van der Waals surface area (Å²) in [6, 6.07) is 4.72. The number of cyclic esters (lactones) is 1. The maximum atomic E-state index is 15.3. The van der Waals surface area contributed by atoms with Crippen LogP contribution in [0.2, 0.25) is 0 Å². The fourth-order valence-corrected chi connectivity index (χ4v) is 8.48. The number of aliphatic hydroxyl groups is 3. The van der Waals surface area contributed by atoms with E-state index in [9.17, 15) is 53.7 Å². The van der Waals surface area contributed by atoms with Crippen LogP contribution in [0.25, 0.3) is 6.08 Å². The molecule has 22 nitrogen and oxygen atoms in total. The molecule has 0 aromatic heterocycles. The minimum atomic E-state index is -1.97. The number of aliphatic hydroxyl groups excluding tert-OH is 2. The number of hydrogen-bond donors (Lipinski definition) is 9. The number of hydrogen-bond acceptors (Lipinski definition) is 15. The van der Waals surface area contributed by atoms with Gasteiger partial charge in [0.1, 0.15) is 55.1 Å². The molecule has 1 saturated heterocycles. The number of nitrogens with one attached hydrogen (secondary N) is 6. The highest BCUT2D eigenvalue weighted by molar-refractivity contribution is 5.98. The molecule has 2 aromatic carbocycles. The van der Waals surface area contributed by atoms with Gasteiger partial charge < -0.3 is 66.3 Å². The largest absolute Gasteiger partial charge is 0.462 e. The number of unbranched alkanes of at least 4 members (excludes halogenated alkanes) is 1. The van der Waals surface area contributed by atoms with Crippen LogP contribution >= 0.6 is 0 Å². The molecule has 78 heavy (non-hydrogen) atoms. The predicted molar refractivity (Wildman–Crippen MR) is 286 cm³/mol. The van der Waals surface area contributed by atoms with Crippen molar-refractivity contribution in [1.82, 2.24) is 36.8 Å². The van der Waals surface area contributed by atoms with E-state index in [0.29, 0.717) is 29.7 Å². The van der Waals surface area contributed by atoms with Crippen molar-refractivity contribution in [3.8, 4) is 0 Å². The molecule has 3 aliphatic heterocycles. The first-order valence-electron chi connectivity index (χ1n) is 26.4. The van der Waals surface area contributed by atoms with Crippen LogP contribution in [0, 0.1) is 17.8 Å². The highest BCUT2D eigenvalue weighted by atomic mass is 16.6. The Morgan fingerprint density at radius 3 is 2.12 bits per heavy atom. The van der Waals surface area contributed by atoms with E-state index in [2.05, 4.69) is 31.9 Å². The van der Waals surface area contributed by atoms with Gasteiger partial charge in [0.15, 0.2) is 6.04 Å². The molecule has 7 amide bonds. The van der Waals surface area contributed by atoms with Crippen molar-refractivity contribution >= 4 is 59.4 Å². The van der Waals surface area contributed by atoms with Crippen LogP contribution in [0.3, 0.4) is 0 Å². The van der Waals surface area contributed by atoms with Gasteiger partial charge in [-0.1, -0.05) is 115 Å². The van der Waals surface area contributed by atoms with Gasteiger partial charge in [-0.05, 0) is 67.4 Å². The molecule has 0 saturated carbocycles. The highest BCUT2D eigenvalue weighted by Gasteiger charge is 2.42. The third-order valence-electron chi connectivity index (χ3n) is 14.0. The Morgan fingerprint density at radius 2 is 1.50 bits per heavy atom. The van der Waals surface area contributed by atoms with Gasteiger partial charge >= 0.3 is 11.9 Å². The monoisotopic (exact) mass is 1090 g/mol. The van der Waals surface area contributed by atoms with Gasteiger partial charge in [-0.25, -0.2) is 4.79 Å². The topological polar surface area (TPSA) is 317 Å². The Balaban J connectivity index is 2.05. The van der Waals surface area contributed by atoms with Gasteiger partial charge in [-0.2, -0.15) is 0 Å². The summed E-state index contributed by atoms with van der Waals surface area (Å²) in [7, 11) is 1.32. The molecule has 4 bridgehead atoms. The van der Waals surface area contributed by atoms with Gasteiger partial charge in [-0.15, -0.1) is 0 Å². The van der Waals surface area contributed by atoms with Crippen molar-refractivity contribution in [3.05, 3.63) is 89.0 Å². The zero-order chi connectivity index (χ0) is 58.0. The van der Waals surface area contributed by atoms with E-state index in [4.69, 9.17) is 14.2 Å². The molecule has 1 fully saturated rings. The van der Waals surface area contributed by atoms with Crippen LogP contribution in [0.5, 0.6) is 0 Å². The van der Waals surface area contributed by atoms with Crippen LogP contribution in [-0.2, 0) is 63.8 Å². The summed E-state index contributed by atoms with van der Waals surface area (Å²) in [4.78, 5) is 130. The lowest BCUT2D eigenvalue weighted by Crippen LogP contribution is -2.61. The predicted octanol–water partition coefficient (Wildman–Crippen LogP) is 1.06. The lowest BCUT2D eigenvalue weighted by Gasteiger charge is -2.34. The molecule has 9 N–H and O–H groups in total. The normalized spacial score (nSPS) is 26.3. The SMILES string of the molecule is CCCCOC[C@@]1(O)C=CC(=O)NCC(=O)OC[C@@H]2NC(=O)[C@@H]([C@@H](C)O)NC(=O)[C@H](Cc3ccccc3)N(C)C(=O)[C@@H](NC(=O)[C@@H]([C@@H](C)CC)NC(=O)[C@@H](NC(=O)[C@H](C)[C@H](O)C(C)C)[C@@H](C)OC2=O)c2ccc(cc2)C=C1C. The smallest absolute Gasteiger partial charge is 0.332 e. The standard InChI is InChI=1S/C56H79N7O15/c1-11-13-25-76-30-56(75)24-23-42(65)57-28-43(66)77-29-40-55(74)78-36(9)46(61-49(68)34(7)48(67)31(3)4)53(72)59-44(32(5)12-2)51(70)62-47(39-21-19-38(20-22-39)26-33(56)6)54(73)63(10)41(27-37-17-15-14-16-18-37)50(69)60-45(35(8)64)52(71)58-40/h14-24,26,31-32,34-36,40-41,44-48,64,67,75H,11-13,25,27-30H2,1-10H3,(H,57,65)(H,58,71)(H,59,72)(H,60,69)(H,61,68)(H,62,70)/t32-,34+,35+,36+,40-,41-,44+,45+,46-,47-,48+,56-/m0/s1. The first-order valence-corrected chi connectivity index (χ1v) is 26.4. The third kappa shape index (κ3) is 17.8. The Bertz CT molecular complexity index is 2490. The average Bonchev–Trinajstić information content (AvgIpc) is 3.42. The molecule has 5 rings (SSSR count). The van der Waals surface area contributed by atoms with Crippen molar-refractivity contribution in [1.29, 1.82) is 0 Å². The fourth-order valence-electron chi connectivity index (χ4n) is 8.48. The number of ether oxygens (including phenoxy) is 3. The summed E-state index contributed by atoms with van der Waals surface area (Å²) in [5.74, 6) is -11.3. The van der Waals surface area contributed by atoms with Gasteiger partial charge in [0.2, 0.25) is 41.4 Å². The zero-order valence-electron chi connectivity index (χ0n) is 46.2. The molecule has 428 valence electrons. The van der Waals surface area contributed by atoms with Crippen LogP contribution in [0.4, 0.5) is 0 Å². The summed E-state index contributed by atoms with van der Waals surface area (Å²) in [5.41, 5.74) is -0.301. The van der Waals surface area contributed by atoms with Crippen molar-refractivity contribution < 1.29 is 72.7 Å². The minimum absolute atomic E-state index is 0.156. The maximum Gasteiger partial charge on any atom is 0.332 e. The van der Waals surface area contributed by atoms with Crippen LogP contribution < -0.4 is 31.9 Å². The Hall–Kier alpha value is -7.01. The van der Waals surface area contributed by atoms with Gasteiger partial charge in [0.05, 0.1) is 24.7 Å². The minimum Gasteiger partial charge on any atom is -0.462 e. The molecule has 0 aliphatic carbocycles. The Morgan fingerprint density at radius 1 is 0.859 bits per heavy atom. The second-order valence-electron chi connectivity index (χ2n) is 20.5. The van der Waals surface area contributed by atoms with Crippen molar-refractivity contribution in [2.75, 3.05) is 33.4 Å². The quantitative estimate of drug-likeness (QED) is 0.0944. The van der Waals surface area contributed by atoms with Gasteiger partial charge in [-0.3, -0.25) is 38.4 Å². The number of nitrogens with zero attached hydrogens (tertiary/aromatic N) is 1. The lowest BCUT2D eigenvalue weighted by molar-refractivity contribution is -0.160. The molecule has 2 aromatic rings. The van der Waals surface area contributed by atoms with E-state index in [-0.39, 0.29) is 25.0 Å². The summed E-state index contributed by atoms with van der Waals surface area (Å²) >= 11 is 0. The molecule has 12 atom stereocenters. The molecule has 3 aliphatic rings.